The molecule has 96 valence electrons. The van der Waals surface area contributed by atoms with Crippen molar-refractivity contribution < 1.29 is 4.74 Å². The molecule has 0 heterocycles. The van der Waals surface area contributed by atoms with E-state index in [-0.39, 0.29) is 0 Å². The fourth-order valence-electron chi connectivity index (χ4n) is 1.84. The monoisotopic (exact) mass is 253 g/mol. The number of methoxy groups -OCH3 is 1. The van der Waals surface area contributed by atoms with Gasteiger partial charge in [0.1, 0.15) is 5.75 Å². The molecule has 0 unspecified atom stereocenters. The Kier molecular flexibility index (Phi) is 6.45. The smallest absolute Gasteiger partial charge is 0.122 e. The van der Waals surface area contributed by atoms with Crippen molar-refractivity contribution in [3.05, 3.63) is 29.3 Å². The third-order valence-electron chi connectivity index (χ3n) is 3.00. The van der Waals surface area contributed by atoms with E-state index in [2.05, 4.69) is 49.7 Å². The zero-order valence-electron chi connectivity index (χ0n) is 11.1. The molecule has 2 nitrogen and oxygen atoms in total. The van der Waals surface area contributed by atoms with Crippen LogP contribution < -0.4 is 4.74 Å². The molecule has 1 rings (SSSR count). The van der Waals surface area contributed by atoms with Crippen LogP contribution in [0.15, 0.2) is 18.2 Å². The van der Waals surface area contributed by atoms with Gasteiger partial charge in [-0.2, -0.15) is 12.6 Å². The Labute approximate surface area is 110 Å². The summed E-state index contributed by atoms with van der Waals surface area (Å²) in [7, 11) is 3.87. The van der Waals surface area contributed by atoms with E-state index in [1.54, 1.807) is 7.11 Å². The molecule has 0 radical (unpaired) electrons. The van der Waals surface area contributed by atoms with Crippen molar-refractivity contribution in [2.45, 2.75) is 19.8 Å². The summed E-state index contributed by atoms with van der Waals surface area (Å²) in [6, 6.07) is 6.47. The molecule has 1 aromatic carbocycles. The van der Waals surface area contributed by atoms with Crippen LogP contribution in [0, 0.1) is 0 Å². The summed E-state index contributed by atoms with van der Waals surface area (Å²) in [6.45, 7) is 4.25. The van der Waals surface area contributed by atoms with E-state index in [4.69, 9.17) is 4.74 Å². The molecule has 17 heavy (non-hydrogen) atoms. The van der Waals surface area contributed by atoms with Gasteiger partial charge < -0.3 is 9.64 Å². The van der Waals surface area contributed by atoms with Crippen molar-refractivity contribution in [1.82, 2.24) is 4.90 Å². The highest BCUT2D eigenvalue weighted by Gasteiger charge is 2.05. The SMILES string of the molecule is CCc1ccc(OC)c(CCN(C)CCS)c1. The molecule has 0 atom stereocenters. The van der Waals surface area contributed by atoms with Crippen LogP contribution in [0.5, 0.6) is 5.75 Å². The predicted octanol–water partition coefficient (Wildman–Crippen LogP) is 2.66. The second-order valence-electron chi connectivity index (χ2n) is 4.28. The molecule has 0 aromatic heterocycles. The summed E-state index contributed by atoms with van der Waals surface area (Å²) in [4.78, 5) is 2.30. The van der Waals surface area contributed by atoms with Crippen molar-refractivity contribution in [2.75, 3.05) is 33.0 Å². The Morgan fingerprint density at radius 2 is 2.06 bits per heavy atom. The average molecular weight is 253 g/mol. The number of benzene rings is 1. The molecule has 0 saturated heterocycles. The van der Waals surface area contributed by atoms with Gasteiger partial charge in [0.25, 0.3) is 0 Å². The van der Waals surface area contributed by atoms with Gasteiger partial charge in [-0.15, -0.1) is 0 Å². The molecule has 3 heteroatoms. The molecule has 0 N–H and O–H groups in total. The standard InChI is InChI=1S/C14H23NOS/c1-4-12-5-6-14(16-3)13(11-12)7-8-15(2)9-10-17/h5-6,11,17H,4,7-10H2,1-3H3. The fraction of sp³-hybridized carbons (Fsp3) is 0.571. The third kappa shape index (κ3) is 4.60. The normalized spacial score (nSPS) is 10.9. The van der Waals surface area contributed by atoms with Crippen LogP contribution in [-0.4, -0.2) is 37.9 Å². The maximum atomic E-state index is 5.40. The lowest BCUT2D eigenvalue weighted by Gasteiger charge is -2.16. The molecule has 0 spiro atoms. The minimum Gasteiger partial charge on any atom is -0.496 e. The zero-order valence-corrected chi connectivity index (χ0v) is 12.0. The molecule has 0 saturated carbocycles. The predicted molar refractivity (Wildman–Crippen MR) is 77.4 cm³/mol. The van der Waals surface area contributed by atoms with E-state index in [1.807, 2.05) is 0 Å². The summed E-state index contributed by atoms with van der Waals surface area (Å²) in [6.07, 6.45) is 2.10. The highest BCUT2D eigenvalue weighted by atomic mass is 32.1. The van der Waals surface area contributed by atoms with Crippen molar-refractivity contribution in [2.24, 2.45) is 0 Å². The fourth-order valence-corrected chi connectivity index (χ4v) is 2.18. The number of aryl methyl sites for hydroxylation is 1. The Morgan fingerprint density at radius 1 is 1.29 bits per heavy atom. The first-order valence-electron chi connectivity index (χ1n) is 6.16. The highest BCUT2D eigenvalue weighted by molar-refractivity contribution is 7.80. The van der Waals surface area contributed by atoms with E-state index < -0.39 is 0 Å². The minimum atomic E-state index is 0.905. The molecule has 0 amide bonds. The van der Waals surface area contributed by atoms with Crippen LogP contribution in [0.25, 0.3) is 0 Å². The van der Waals surface area contributed by atoms with Gasteiger partial charge in [-0.1, -0.05) is 19.1 Å². The Balaban J connectivity index is 2.67. The summed E-state index contributed by atoms with van der Waals surface area (Å²) < 4.78 is 5.40. The van der Waals surface area contributed by atoms with Gasteiger partial charge in [-0.3, -0.25) is 0 Å². The van der Waals surface area contributed by atoms with Gasteiger partial charge >= 0.3 is 0 Å². The number of hydrogen-bond acceptors (Lipinski definition) is 3. The van der Waals surface area contributed by atoms with Gasteiger partial charge in [0.2, 0.25) is 0 Å². The van der Waals surface area contributed by atoms with E-state index in [0.29, 0.717) is 0 Å². The van der Waals surface area contributed by atoms with Crippen LogP contribution >= 0.6 is 12.6 Å². The van der Waals surface area contributed by atoms with Crippen molar-refractivity contribution in [1.29, 1.82) is 0 Å². The molecule has 0 aliphatic rings. The first-order valence-corrected chi connectivity index (χ1v) is 6.79. The number of likely N-dealkylation sites (N-methyl/N-ethyl adjacent to an activating group) is 1. The van der Waals surface area contributed by atoms with Crippen LogP contribution in [-0.2, 0) is 12.8 Å². The molecular weight excluding hydrogens is 230 g/mol. The summed E-state index contributed by atoms with van der Waals surface area (Å²) in [5, 5.41) is 0. The second-order valence-corrected chi connectivity index (χ2v) is 4.72. The Morgan fingerprint density at radius 3 is 2.65 bits per heavy atom. The summed E-state index contributed by atoms with van der Waals surface area (Å²) in [5.41, 5.74) is 2.68. The summed E-state index contributed by atoms with van der Waals surface area (Å²) >= 11 is 4.24. The minimum absolute atomic E-state index is 0.905. The van der Waals surface area contributed by atoms with Gasteiger partial charge in [0.15, 0.2) is 0 Å². The topological polar surface area (TPSA) is 12.5 Å². The lowest BCUT2D eigenvalue weighted by Crippen LogP contribution is -2.23. The van der Waals surface area contributed by atoms with Crippen LogP contribution in [0.2, 0.25) is 0 Å². The number of thiol groups is 1. The lowest BCUT2D eigenvalue weighted by atomic mass is 10.0. The highest BCUT2D eigenvalue weighted by Crippen LogP contribution is 2.20. The zero-order chi connectivity index (χ0) is 12.7. The second kappa shape index (κ2) is 7.62. The van der Waals surface area contributed by atoms with Gasteiger partial charge in [-0.05, 0) is 37.1 Å². The summed E-state index contributed by atoms with van der Waals surface area (Å²) in [5.74, 6) is 1.91. The van der Waals surface area contributed by atoms with Crippen molar-refractivity contribution >= 4 is 12.6 Å². The molecule has 0 fully saturated rings. The van der Waals surface area contributed by atoms with Gasteiger partial charge in [0, 0.05) is 18.8 Å². The Hall–Kier alpha value is -0.670. The van der Waals surface area contributed by atoms with Crippen LogP contribution in [0.4, 0.5) is 0 Å². The van der Waals surface area contributed by atoms with E-state index >= 15 is 0 Å². The largest absolute Gasteiger partial charge is 0.496 e. The van der Waals surface area contributed by atoms with Gasteiger partial charge in [-0.25, -0.2) is 0 Å². The number of rotatable bonds is 7. The third-order valence-corrected chi connectivity index (χ3v) is 3.20. The number of ether oxygens (including phenoxy) is 1. The quantitative estimate of drug-likeness (QED) is 0.750. The van der Waals surface area contributed by atoms with E-state index in [0.717, 1.165) is 37.4 Å². The van der Waals surface area contributed by atoms with Gasteiger partial charge in [0.05, 0.1) is 7.11 Å². The molecule has 0 aliphatic carbocycles. The first-order chi connectivity index (χ1) is 8.21. The Bertz CT molecular complexity index is 341. The van der Waals surface area contributed by atoms with E-state index in [1.165, 1.54) is 11.1 Å². The van der Waals surface area contributed by atoms with Crippen molar-refractivity contribution in [3.8, 4) is 5.75 Å². The average Bonchev–Trinajstić information content (AvgIpc) is 2.36. The number of hydrogen-bond donors (Lipinski definition) is 1. The first kappa shape index (κ1) is 14.4. The maximum absolute atomic E-state index is 5.40. The molecule has 1 aromatic rings. The van der Waals surface area contributed by atoms with Crippen LogP contribution in [0.1, 0.15) is 18.1 Å². The number of nitrogens with zero attached hydrogens (tertiary/aromatic N) is 1. The molecular formula is C14H23NOS. The maximum Gasteiger partial charge on any atom is 0.122 e. The van der Waals surface area contributed by atoms with E-state index in [9.17, 15) is 0 Å². The van der Waals surface area contributed by atoms with Crippen LogP contribution in [0.3, 0.4) is 0 Å². The van der Waals surface area contributed by atoms with Crippen molar-refractivity contribution in [3.63, 3.8) is 0 Å². The molecule has 0 bridgehead atoms. The molecule has 0 aliphatic heterocycles. The lowest BCUT2D eigenvalue weighted by molar-refractivity contribution is 0.355.